The van der Waals surface area contributed by atoms with Gasteiger partial charge >= 0.3 is 6.18 Å². The van der Waals surface area contributed by atoms with Crippen LogP contribution in [0.1, 0.15) is 42.5 Å². The van der Waals surface area contributed by atoms with Crippen LogP contribution in [-0.4, -0.2) is 40.7 Å². The summed E-state index contributed by atoms with van der Waals surface area (Å²) in [6.45, 7) is 7.75. The molecule has 0 N–H and O–H groups in total. The Kier molecular flexibility index (Phi) is 5.75. The van der Waals surface area contributed by atoms with Crippen LogP contribution in [0.3, 0.4) is 0 Å². The highest BCUT2D eigenvalue weighted by Crippen LogP contribution is 2.41. The Morgan fingerprint density at radius 1 is 1.24 bits per heavy atom. The summed E-state index contributed by atoms with van der Waals surface area (Å²) in [5.41, 5.74) is -0.429. The molecule has 8 heteroatoms. The molecule has 1 saturated heterocycles. The number of nitrogens with zero attached hydrogens (tertiary/aromatic N) is 2. The molecule has 1 aromatic heterocycles. The number of benzene rings is 1. The number of ether oxygens (including phenoxy) is 1. The minimum absolute atomic E-state index is 0.0259. The van der Waals surface area contributed by atoms with Crippen LogP contribution in [-0.2, 0) is 17.5 Å². The van der Waals surface area contributed by atoms with Gasteiger partial charge in [-0.2, -0.15) is 13.2 Å². The van der Waals surface area contributed by atoms with E-state index in [4.69, 9.17) is 16.3 Å². The number of alkyl halides is 3. The summed E-state index contributed by atoms with van der Waals surface area (Å²) in [5.74, 6) is -0.424. The van der Waals surface area contributed by atoms with E-state index in [1.165, 1.54) is 6.92 Å². The number of aromatic nitrogens is 1. The van der Waals surface area contributed by atoms with Gasteiger partial charge in [-0.3, -0.25) is 4.79 Å². The van der Waals surface area contributed by atoms with E-state index >= 15 is 0 Å². The number of halogens is 4. The molecule has 0 radical (unpaired) electrons. The zero-order valence-corrected chi connectivity index (χ0v) is 17.6. The van der Waals surface area contributed by atoms with E-state index in [1.54, 1.807) is 36.1 Å². The number of morpholine rings is 1. The van der Waals surface area contributed by atoms with Gasteiger partial charge < -0.3 is 14.2 Å². The van der Waals surface area contributed by atoms with Crippen molar-refractivity contribution in [3.8, 4) is 11.1 Å². The molecule has 0 saturated carbocycles. The van der Waals surface area contributed by atoms with Crippen molar-refractivity contribution in [1.82, 2.24) is 9.47 Å². The zero-order valence-electron chi connectivity index (χ0n) is 16.9. The number of carbonyl (C=O) groups excluding carboxylic acids is 1. The third kappa shape index (κ3) is 4.16. The second-order valence-electron chi connectivity index (χ2n) is 7.78. The minimum Gasteiger partial charge on any atom is -0.372 e. The van der Waals surface area contributed by atoms with E-state index < -0.39 is 23.4 Å². The first-order chi connectivity index (χ1) is 13.5. The topological polar surface area (TPSA) is 34.5 Å². The molecular weight excluding hydrogens is 405 g/mol. The van der Waals surface area contributed by atoms with Crippen molar-refractivity contribution >= 4 is 17.5 Å². The Bertz CT molecular complexity index is 917. The van der Waals surface area contributed by atoms with Gasteiger partial charge in [0.05, 0.1) is 12.2 Å². The van der Waals surface area contributed by atoms with Crippen LogP contribution in [0.15, 0.2) is 24.3 Å². The van der Waals surface area contributed by atoms with Crippen molar-refractivity contribution in [1.29, 1.82) is 0 Å². The molecule has 0 bridgehead atoms. The largest absolute Gasteiger partial charge is 0.431 e. The lowest BCUT2D eigenvalue weighted by Crippen LogP contribution is -2.51. The van der Waals surface area contributed by atoms with Crippen LogP contribution in [0, 0.1) is 6.92 Å². The third-order valence-electron chi connectivity index (χ3n) is 5.14. The number of hydrogen-bond donors (Lipinski definition) is 0. The molecule has 2 heterocycles. The van der Waals surface area contributed by atoms with E-state index in [1.807, 2.05) is 13.8 Å². The van der Waals surface area contributed by atoms with E-state index in [-0.39, 0.29) is 17.8 Å². The van der Waals surface area contributed by atoms with E-state index in [0.29, 0.717) is 35.8 Å². The fraction of sp³-hybridized carbons (Fsp3) is 0.476. The van der Waals surface area contributed by atoms with Crippen LogP contribution in [0.4, 0.5) is 13.2 Å². The smallest absolute Gasteiger partial charge is 0.372 e. The minimum atomic E-state index is -4.58. The summed E-state index contributed by atoms with van der Waals surface area (Å²) in [4.78, 5) is 15.1. The van der Waals surface area contributed by atoms with Crippen LogP contribution >= 0.6 is 11.6 Å². The molecule has 0 atom stereocenters. The summed E-state index contributed by atoms with van der Waals surface area (Å²) in [6.07, 6.45) is -4.58. The van der Waals surface area contributed by atoms with E-state index in [2.05, 4.69) is 0 Å². The average Bonchev–Trinajstić information content (AvgIpc) is 2.93. The van der Waals surface area contributed by atoms with E-state index in [0.717, 1.165) is 4.57 Å². The predicted molar refractivity (Wildman–Crippen MR) is 106 cm³/mol. The lowest BCUT2D eigenvalue weighted by atomic mass is 9.99. The van der Waals surface area contributed by atoms with Gasteiger partial charge in [0, 0.05) is 30.2 Å². The molecule has 3 rings (SSSR count). The van der Waals surface area contributed by atoms with Crippen molar-refractivity contribution < 1.29 is 22.7 Å². The van der Waals surface area contributed by atoms with Crippen LogP contribution in [0.25, 0.3) is 11.1 Å². The van der Waals surface area contributed by atoms with Gasteiger partial charge in [-0.25, -0.2) is 0 Å². The Morgan fingerprint density at radius 2 is 1.86 bits per heavy atom. The Hall–Kier alpha value is -1.99. The maximum atomic E-state index is 13.9. The fourth-order valence-corrected chi connectivity index (χ4v) is 4.08. The van der Waals surface area contributed by atoms with Crippen LogP contribution in [0.5, 0.6) is 0 Å². The Labute approximate surface area is 173 Å². The Balaban J connectivity index is 2.23. The first-order valence-corrected chi connectivity index (χ1v) is 9.83. The normalized spacial score (nSPS) is 16.9. The summed E-state index contributed by atoms with van der Waals surface area (Å²) in [6, 6.07) is 6.51. The highest BCUT2D eigenvalue weighted by atomic mass is 35.5. The maximum Gasteiger partial charge on any atom is 0.431 e. The quantitative estimate of drug-likeness (QED) is 0.655. The highest BCUT2D eigenvalue weighted by molar-refractivity contribution is 6.30. The molecule has 158 valence electrons. The fourth-order valence-electron chi connectivity index (χ4n) is 3.96. The highest BCUT2D eigenvalue weighted by Gasteiger charge is 2.42. The molecule has 0 unspecified atom stereocenters. The van der Waals surface area contributed by atoms with Crippen LogP contribution in [0.2, 0.25) is 5.02 Å². The Morgan fingerprint density at radius 3 is 2.38 bits per heavy atom. The van der Waals surface area contributed by atoms with Gasteiger partial charge in [0.1, 0.15) is 11.4 Å². The molecule has 1 amide bonds. The molecule has 29 heavy (non-hydrogen) atoms. The lowest BCUT2D eigenvalue weighted by molar-refractivity contribution is -0.144. The third-order valence-corrected chi connectivity index (χ3v) is 5.39. The summed E-state index contributed by atoms with van der Waals surface area (Å²) in [7, 11) is 0. The molecule has 4 nitrogen and oxygen atoms in total. The zero-order chi connectivity index (χ0) is 21.6. The van der Waals surface area contributed by atoms with Gasteiger partial charge in [-0.15, -0.1) is 0 Å². The molecule has 2 aromatic rings. The monoisotopic (exact) mass is 428 g/mol. The first kappa shape index (κ1) is 21.7. The lowest BCUT2D eigenvalue weighted by Gasteiger charge is -2.38. The van der Waals surface area contributed by atoms with Gasteiger partial charge in [0.2, 0.25) is 0 Å². The molecule has 1 aliphatic heterocycles. The van der Waals surface area contributed by atoms with Gasteiger partial charge in [0.15, 0.2) is 0 Å². The molecular formula is C21H24ClF3N2O2. The summed E-state index contributed by atoms with van der Waals surface area (Å²) in [5, 5.41) is 0.472. The van der Waals surface area contributed by atoms with Crippen molar-refractivity contribution in [2.75, 3.05) is 19.7 Å². The van der Waals surface area contributed by atoms with Crippen molar-refractivity contribution in [2.24, 2.45) is 0 Å². The van der Waals surface area contributed by atoms with Crippen molar-refractivity contribution in [3.05, 3.63) is 46.2 Å². The van der Waals surface area contributed by atoms with Gasteiger partial charge in [0.25, 0.3) is 5.91 Å². The second kappa shape index (κ2) is 7.69. The number of amides is 1. The molecule has 1 fully saturated rings. The molecule has 0 spiro atoms. The summed E-state index contributed by atoms with van der Waals surface area (Å²) >= 11 is 5.96. The maximum absolute atomic E-state index is 13.9. The molecule has 1 aromatic carbocycles. The van der Waals surface area contributed by atoms with Crippen LogP contribution < -0.4 is 0 Å². The predicted octanol–water partition coefficient (Wildman–Crippen LogP) is 5.41. The van der Waals surface area contributed by atoms with E-state index in [9.17, 15) is 18.0 Å². The standard InChI is InChI=1S/C21H24ClF3N2O2/c1-5-27-17(19(28)26-10-11-29-20(3,4)12-26)16(13(2)18(27)21(23,24)25)14-6-8-15(22)9-7-14/h6-9H,5,10-12H2,1-4H3. The second-order valence-corrected chi connectivity index (χ2v) is 8.22. The summed E-state index contributed by atoms with van der Waals surface area (Å²) < 4.78 is 48.5. The molecule has 1 aliphatic rings. The van der Waals surface area contributed by atoms with Crippen molar-refractivity contribution in [2.45, 2.75) is 46.0 Å². The van der Waals surface area contributed by atoms with Gasteiger partial charge in [-0.05, 0) is 51.0 Å². The average molecular weight is 429 g/mol. The first-order valence-electron chi connectivity index (χ1n) is 9.45. The molecule has 0 aliphatic carbocycles. The number of rotatable bonds is 3. The van der Waals surface area contributed by atoms with Gasteiger partial charge in [-0.1, -0.05) is 23.7 Å². The number of carbonyl (C=O) groups is 1. The number of hydrogen-bond acceptors (Lipinski definition) is 2. The van der Waals surface area contributed by atoms with Crippen molar-refractivity contribution in [3.63, 3.8) is 0 Å². The SMILES string of the molecule is CCn1c(C(=O)N2CCOC(C)(C)C2)c(-c2ccc(Cl)cc2)c(C)c1C(F)(F)F.